The minimum absolute atomic E-state index is 0.122. The average molecular weight is 465 g/mol. The first-order valence-electron chi connectivity index (χ1n) is 11.0. The third-order valence-corrected chi connectivity index (χ3v) is 6.25. The average Bonchev–Trinajstić information content (AvgIpc) is 3.09. The predicted octanol–water partition coefficient (Wildman–Crippen LogP) is 2.62. The minimum atomic E-state index is -0.540. The largest absolute Gasteiger partial charge is 0.463 e. The number of carbonyl (C=O) groups excluding carboxylic acids is 2. The number of amides is 1. The number of hydrogen-bond donors (Lipinski definition) is 0. The molecule has 0 bridgehead atoms. The zero-order chi connectivity index (χ0) is 23.8. The van der Waals surface area contributed by atoms with Crippen LogP contribution < -0.4 is 14.8 Å². The van der Waals surface area contributed by atoms with Gasteiger partial charge in [-0.1, -0.05) is 54.6 Å². The summed E-state index contributed by atoms with van der Waals surface area (Å²) in [6, 6.07) is 17.9. The summed E-state index contributed by atoms with van der Waals surface area (Å²) in [6.45, 7) is 6.72. The zero-order valence-corrected chi connectivity index (χ0v) is 19.9. The summed E-state index contributed by atoms with van der Waals surface area (Å²) in [6.07, 6.45) is 3.06. The van der Waals surface area contributed by atoms with E-state index >= 15 is 0 Å². The fourth-order valence-corrected chi connectivity index (χ4v) is 4.47. The van der Waals surface area contributed by atoms with Gasteiger partial charge in [-0.05, 0) is 43.5 Å². The summed E-state index contributed by atoms with van der Waals surface area (Å²) >= 11 is 1.17. The van der Waals surface area contributed by atoms with Crippen LogP contribution in [0.15, 0.2) is 59.4 Å². The number of aromatic nitrogens is 1. The molecular formula is C26H28N2O4S. The van der Waals surface area contributed by atoms with E-state index in [9.17, 15) is 14.4 Å². The van der Waals surface area contributed by atoms with E-state index in [1.807, 2.05) is 68.4 Å². The number of esters is 1. The van der Waals surface area contributed by atoms with E-state index in [0.717, 1.165) is 16.7 Å². The maximum absolute atomic E-state index is 13.2. The molecule has 0 aliphatic rings. The van der Waals surface area contributed by atoms with Crippen molar-refractivity contribution in [1.29, 1.82) is 0 Å². The Kier molecular flexibility index (Phi) is 8.38. The minimum Gasteiger partial charge on any atom is -0.463 e. The predicted molar refractivity (Wildman–Crippen MR) is 132 cm³/mol. The number of likely N-dealkylation sites (N-methyl/N-ethyl adjacent to an activating group) is 1. The van der Waals surface area contributed by atoms with Crippen molar-refractivity contribution in [2.45, 2.75) is 27.3 Å². The number of carbonyl (C=O) groups is 2. The summed E-state index contributed by atoms with van der Waals surface area (Å²) in [5.74, 6) is -0.710. The standard InChI is InChI=1S/C26H28N2O4S/c1-4-27(5-2)23(29)18-28-24(17-25(30)32-6-3)33-22(26(28)31)16-19-12-14-21(15-13-19)20-10-8-7-9-11-20/h7-17H,4-6,18H2,1-3H3/b22-16+,24-17+. The Balaban J connectivity index is 2.02. The van der Waals surface area contributed by atoms with Gasteiger partial charge in [-0.3, -0.25) is 14.2 Å². The molecule has 1 aromatic heterocycles. The maximum atomic E-state index is 13.2. The van der Waals surface area contributed by atoms with Crippen LogP contribution in [0.1, 0.15) is 26.3 Å². The van der Waals surface area contributed by atoms with Crippen LogP contribution >= 0.6 is 11.3 Å². The third kappa shape index (κ3) is 6.08. The second-order valence-electron chi connectivity index (χ2n) is 7.29. The van der Waals surface area contributed by atoms with Crippen LogP contribution in [-0.2, 0) is 20.9 Å². The summed E-state index contributed by atoms with van der Waals surface area (Å²) in [5.41, 5.74) is 2.75. The van der Waals surface area contributed by atoms with Crippen molar-refractivity contribution in [2.75, 3.05) is 19.7 Å². The van der Waals surface area contributed by atoms with E-state index in [-0.39, 0.29) is 24.6 Å². The highest BCUT2D eigenvalue weighted by Gasteiger charge is 2.14. The lowest BCUT2D eigenvalue weighted by molar-refractivity contribution is -0.135. The molecule has 0 aliphatic heterocycles. The van der Waals surface area contributed by atoms with Gasteiger partial charge in [0.1, 0.15) is 11.2 Å². The van der Waals surface area contributed by atoms with E-state index in [2.05, 4.69) is 0 Å². The van der Waals surface area contributed by atoms with Crippen LogP contribution in [0.5, 0.6) is 0 Å². The van der Waals surface area contributed by atoms with Crippen LogP contribution in [-0.4, -0.2) is 41.0 Å². The molecule has 3 aromatic rings. The van der Waals surface area contributed by atoms with Crippen LogP contribution in [0.3, 0.4) is 0 Å². The van der Waals surface area contributed by atoms with Crippen LogP contribution in [0.25, 0.3) is 23.3 Å². The molecule has 3 rings (SSSR count). The monoisotopic (exact) mass is 464 g/mol. The van der Waals surface area contributed by atoms with Gasteiger partial charge in [-0.25, -0.2) is 4.79 Å². The molecule has 1 heterocycles. The molecule has 172 valence electrons. The van der Waals surface area contributed by atoms with Gasteiger partial charge in [0, 0.05) is 13.1 Å². The number of hydrogen-bond acceptors (Lipinski definition) is 5. The van der Waals surface area contributed by atoms with Gasteiger partial charge in [0.2, 0.25) is 5.91 Å². The molecule has 0 radical (unpaired) electrons. The molecule has 0 saturated carbocycles. The summed E-state index contributed by atoms with van der Waals surface area (Å²) in [7, 11) is 0. The fourth-order valence-electron chi connectivity index (χ4n) is 3.44. The molecule has 0 N–H and O–H groups in total. The number of ether oxygens (including phenoxy) is 1. The highest BCUT2D eigenvalue weighted by molar-refractivity contribution is 7.07. The van der Waals surface area contributed by atoms with Crippen molar-refractivity contribution in [3.63, 3.8) is 0 Å². The lowest BCUT2D eigenvalue weighted by Crippen LogP contribution is -2.40. The Bertz CT molecular complexity index is 1270. The lowest BCUT2D eigenvalue weighted by atomic mass is 10.0. The van der Waals surface area contributed by atoms with Gasteiger partial charge in [0.25, 0.3) is 5.56 Å². The Morgan fingerprint density at radius 3 is 2.21 bits per heavy atom. The Morgan fingerprint density at radius 1 is 0.970 bits per heavy atom. The first-order chi connectivity index (χ1) is 16.0. The summed E-state index contributed by atoms with van der Waals surface area (Å²) in [4.78, 5) is 39.5. The second kappa shape index (κ2) is 11.4. The second-order valence-corrected chi connectivity index (χ2v) is 8.35. The molecule has 0 aliphatic carbocycles. The Morgan fingerprint density at radius 2 is 1.61 bits per heavy atom. The van der Waals surface area contributed by atoms with Crippen LogP contribution in [0.4, 0.5) is 0 Å². The van der Waals surface area contributed by atoms with Gasteiger partial charge in [0.15, 0.2) is 0 Å². The molecule has 0 atom stereocenters. The highest BCUT2D eigenvalue weighted by Crippen LogP contribution is 2.19. The molecule has 7 heteroatoms. The van der Waals surface area contributed by atoms with Crippen molar-refractivity contribution in [3.05, 3.63) is 79.7 Å². The Hall–Kier alpha value is -3.45. The van der Waals surface area contributed by atoms with E-state index in [1.54, 1.807) is 17.9 Å². The van der Waals surface area contributed by atoms with E-state index in [0.29, 0.717) is 22.3 Å². The molecule has 2 aromatic carbocycles. The normalized spacial score (nSPS) is 12.1. The molecule has 6 nitrogen and oxygen atoms in total. The highest BCUT2D eigenvalue weighted by atomic mass is 32.1. The smallest absolute Gasteiger partial charge is 0.333 e. The summed E-state index contributed by atoms with van der Waals surface area (Å²) < 4.78 is 7.21. The zero-order valence-electron chi connectivity index (χ0n) is 19.1. The van der Waals surface area contributed by atoms with Crippen LogP contribution in [0.2, 0.25) is 0 Å². The third-order valence-electron chi connectivity index (χ3n) is 5.19. The number of rotatable bonds is 8. The molecule has 33 heavy (non-hydrogen) atoms. The van der Waals surface area contributed by atoms with Gasteiger partial charge < -0.3 is 9.64 Å². The van der Waals surface area contributed by atoms with Crippen molar-refractivity contribution in [2.24, 2.45) is 0 Å². The van der Waals surface area contributed by atoms with Gasteiger partial charge in [-0.15, -0.1) is 11.3 Å². The van der Waals surface area contributed by atoms with Crippen LogP contribution in [0, 0.1) is 0 Å². The lowest BCUT2D eigenvalue weighted by Gasteiger charge is -2.18. The fraction of sp³-hybridized carbons (Fsp3) is 0.269. The van der Waals surface area contributed by atoms with Crippen molar-refractivity contribution < 1.29 is 14.3 Å². The van der Waals surface area contributed by atoms with Gasteiger partial charge >= 0.3 is 5.97 Å². The first-order valence-corrected chi connectivity index (χ1v) is 11.8. The van der Waals surface area contributed by atoms with Crippen molar-refractivity contribution >= 4 is 35.4 Å². The van der Waals surface area contributed by atoms with E-state index < -0.39 is 5.97 Å². The Labute approximate surface area is 197 Å². The molecule has 0 unspecified atom stereocenters. The van der Waals surface area contributed by atoms with Gasteiger partial charge in [-0.2, -0.15) is 0 Å². The van der Waals surface area contributed by atoms with E-state index in [1.165, 1.54) is 22.0 Å². The molecule has 1 amide bonds. The molecule has 0 saturated heterocycles. The number of nitrogens with zero attached hydrogens (tertiary/aromatic N) is 2. The number of thiazole rings is 1. The van der Waals surface area contributed by atoms with Crippen molar-refractivity contribution in [1.82, 2.24) is 9.47 Å². The maximum Gasteiger partial charge on any atom is 0.333 e. The summed E-state index contributed by atoms with van der Waals surface area (Å²) in [5, 5.41) is 0. The topological polar surface area (TPSA) is 68.6 Å². The SMILES string of the molecule is CCOC(=O)/C=c1/s/c(=C/c2ccc(-c3ccccc3)cc2)c(=O)n1CC(=O)N(CC)CC. The van der Waals surface area contributed by atoms with Gasteiger partial charge in [0.05, 0.1) is 17.2 Å². The number of benzene rings is 2. The van der Waals surface area contributed by atoms with E-state index in [4.69, 9.17) is 4.74 Å². The first kappa shape index (κ1) is 24.2. The molecule has 0 fully saturated rings. The molecular weight excluding hydrogens is 436 g/mol. The van der Waals surface area contributed by atoms with Crippen molar-refractivity contribution in [3.8, 4) is 11.1 Å². The molecule has 0 spiro atoms. The quantitative estimate of drug-likeness (QED) is 0.481.